The Hall–Kier alpha value is -1.44. The number of hydrogen-bond donors (Lipinski definition) is 0. The fraction of sp³-hybridized carbons (Fsp3) is 0.200. The first kappa shape index (κ1) is 25.6. The molecule has 0 N–H and O–H groups in total. The van der Waals surface area contributed by atoms with Crippen LogP contribution in [-0.2, 0) is 20.4 Å². The molecule has 0 bridgehead atoms. The van der Waals surface area contributed by atoms with E-state index in [1.807, 2.05) is 0 Å². The molecule has 34 heavy (non-hydrogen) atoms. The average Bonchev–Trinajstić information content (AvgIpc) is 3.27. The molecular weight excluding hydrogens is 551 g/mol. The van der Waals surface area contributed by atoms with Crippen molar-refractivity contribution in [3.63, 3.8) is 0 Å². The molecule has 4 aliphatic rings. The Labute approximate surface area is 224 Å². The molecule has 0 aliphatic heterocycles. The summed E-state index contributed by atoms with van der Waals surface area (Å²) in [5.41, 5.74) is 11.7. The van der Waals surface area contributed by atoms with E-state index in [1.54, 1.807) is 28.8 Å². The summed E-state index contributed by atoms with van der Waals surface area (Å²) in [5, 5.41) is 0. The number of benzene rings is 2. The van der Waals surface area contributed by atoms with Gasteiger partial charge in [-0.1, -0.05) is 0 Å². The third-order valence-corrected chi connectivity index (χ3v) is 23.8. The van der Waals surface area contributed by atoms with Crippen LogP contribution in [0.1, 0.15) is 45.2 Å². The van der Waals surface area contributed by atoms with Gasteiger partial charge < -0.3 is 24.8 Å². The third-order valence-electron chi connectivity index (χ3n) is 7.25. The normalized spacial score (nSPS) is 20.1. The van der Waals surface area contributed by atoms with Crippen LogP contribution < -0.4 is 24.8 Å². The van der Waals surface area contributed by atoms with Gasteiger partial charge in [-0.15, -0.1) is 0 Å². The molecule has 0 nitrogen and oxygen atoms in total. The Morgan fingerprint density at radius 3 is 1.50 bits per heavy atom. The summed E-state index contributed by atoms with van der Waals surface area (Å²) in [5.74, 6) is 0.897. The number of rotatable bonds is 2. The molecule has 2 atom stereocenters. The average molecular weight is 579 g/mol. The van der Waals surface area contributed by atoms with Crippen molar-refractivity contribution in [1.82, 2.24) is 0 Å². The zero-order valence-electron chi connectivity index (χ0n) is 20.0. The van der Waals surface area contributed by atoms with Crippen molar-refractivity contribution >= 4 is 12.0 Å². The maximum atomic E-state index is 2.59. The Morgan fingerprint density at radius 2 is 1.09 bits per heavy atom. The first-order chi connectivity index (χ1) is 15.5. The molecular formula is C30H28Cl2SiZr. The van der Waals surface area contributed by atoms with Gasteiger partial charge in [0.25, 0.3) is 0 Å². The standard InChI is InChI=1S/2C14H11.C2H6Si.2ClH.Zr/c2*1-10-6-7-14-12(8-10)9-11-4-2-3-5-13(11)14;1-3-2;;;/h2*2-8,13H,1H3;1-2H3;2*1H;/q;;;;;+2/p-2/t13-;;;;;/m0...../s1. The van der Waals surface area contributed by atoms with Gasteiger partial charge in [0.05, 0.1) is 0 Å². The molecule has 4 heteroatoms. The van der Waals surface area contributed by atoms with Crippen LogP contribution in [0, 0.1) is 13.8 Å². The van der Waals surface area contributed by atoms with Gasteiger partial charge >= 0.3 is 201 Å². The quantitative estimate of drug-likeness (QED) is 0.477. The van der Waals surface area contributed by atoms with Crippen molar-refractivity contribution in [3.8, 4) is 0 Å². The number of hydrogen-bond acceptors (Lipinski definition) is 0. The van der Waals surface area contributed by atoms with Crippen molar-refractivity contribution in [1.29, 1.82) is 0 Å². The topological polar surface area (TPSA) is 0 Å². The van der Waals surface area contributed by atoms with Crippen LogP contribution in [0.3, 0.4) is 0 Å². The van der Waals surface area contributed by atoms with Crippen molar-refractivity contribution in [2.75, 3.05) is 0 Å². The summed E-state index contributed by atoms with van der Waals surface area (Å²) in [7, 11) is 0. The molecule has 0 amide bonds. The minimum Gasteiger partial charge on any atom is -1.00 e. The van der Waals surface area contributed by atoms with Gasteiger partial charge in [-0.2, -0.15) is 0 Å². The molecule has 0 heterocycles. The van der Waals surface area contributed by atoms with E-state index >= 15 is 0 Å². The van der Waals surface area contributed by atoms with Gasteiger partial charge in [0.15, 0.2) is 0 Å². The van der Waals surface area contributed by atoms with E-state index in [0.29, 0.717) is 11.8 Å². The summed E-state index contributed by atoms with van der Waals surface area (Å²) in [6.45, 7) is 9.70. The van der Waals surface area contributed by atoms with Crippen LogP contribution in [-0.4, -0.2) is 5.43 Å². The number of aryl methyl sites for hydroxylation is 2. The van der Waals surface area contributed by atoms with Crippen molar-refractivity contribution < 1.29 is 45.2 Å². The van der Waals surface area contributed by atoms with Crippen molar-refractivity contribution in [2.24, 2.45) is 0 Å². The van der Waals surface area contributed by atoms with Crippen LogP contribution in [0.15, 0.2) is 96.2 Å². The van der Waals surface area contributed by atoms with Crippen LogP contribution in [0.4, 0.5) is 0 Å². The molecule has 0 saturated heterocycles. The summed E-state index contributed by atoms with van der Waals surface area (Å²) in [6.07, 6.45) is 18.7. The minimum atomic E-state index is -2.21. The molecule has 0 radical (unpaired) electrons. The molecule has 2 aromatic rings. The molecule has 4 aliphatic carbocycles. The first-order valence-corrected chi connectivity index (χ1v) is 20.3. The van der Waals surface area contributed by atoms with Crippen molar-refractivity contribution in [3.05, 3.63) is 130 Å². The zero-order chi connectivity index (χ0) is 22.0. The Morgan fingerprint density at radius 1 is 0.647 bits per heavy atom. The molecule has 0 aromatic heterocycles. The van der Waals surface area contributed by atoms with Crippen LogP contribution >= 0.6 is 0 Å². The fourth-order valence-corrected chi connectivity index (χ4v) is 23.2. The van der Waals surface area contributed by atoms with E-state index in [0.717, 1.165) is 0 Å². The second-order valence-corrected chi connectivity index (χ2v) is 26.3. The molecule has 0 spiro atoms. The summed E-state index contributed by atoms with van der Waals surface area (Å²) < 4.78 is 3.57. The molecule has 0 saturated carbocycles. The predicted molar refractivity (Wildman–Crippen MR) is 136 cm³/mol. The molecule has 6 rings (SSSR count). The fourth-order valence-electron chi connectivity index (χ4n) is 5.91. The zero-order valence-corrected chi connectivity index (χ0v) is 25.0. The van der Waals surface area contributed by atoms with E-state index < -0.39 is 25.8 Å². The smallest absolute Gasteiger partial charge is 1.00 e. The van der Waals surface area contributed by atoms with E-state index in [2.05, 4.69) is 112 Å². The first-order valence-electron chi connectivity index (χ1n) is 11.6. The second-order valence-electron chi connectivity index (χ2n) is 9.66. The van der Waals surface area contributed by atoms with E-state index in [-0.39, 0.29) is 24.8 Å². The van der Waals surface area contributed by atoms with Crippen LogP contribution in [0.25, 0.3) is 6.56 Å². The van der Waals surface area contributed by atoms with Gasteiger partial charge in [0.2, 0.25) is 0 Å². The van der Waals surface area contributed by atoms with E-state index in [9.17, 15) is 0 Å². The van der Waals surface area contributed by atoms with Gasteiger partial charge in [0.1, 0.15) is 0 Å². The molecule has 0 fully saturated rings. The molecule has 170 valence electrons. The summed E-state index contributed by atoms with van der Waals surface area (Å²) in [6, 6.07) is 14.4. The van der Waals surface area contributed by atoms with Crippen LogP contribution in [0.5, 0.6) is 0 Å². The number of fused-ring (bicyclic) bond motifs is 6. The largest absolute Gasteiger partial charge is 1.00 e. The minimum absolute atomic E-state index is 0. The van der Waals surface area contributed by atoms with Gasteiger partial charge in [-0.05, 0) is 0 Å². The monoisotopic (exact) mass is 576 g/mol. The van der Waals surface area contributed by atoms with Gasteiger partial charge in [0, 0.05) is 0 Å². The maximum Gasteiger partial charge on any atom is -1.00 e. The number of allylic oxidation sites excluding steroid dienone is 10. The van der Waals surface area contributed by atoms with E-state index in [4.69, 9.17) is 0 Å². The summed E-state index contributed by atoms with van der Waals surface area (Å²) >= 11 is -2.21. The van der Waals surface area contributed by atoms with Crippen LogP contribution in [0.2, 0.25) is 13.1 Å². The second kappa shape index (κ2) is 9.90. The SMILES string of the molecule is Cc1ccc2c(c1)[C]([Zr+2]([C]1=C3C=CC=C[C@@H]3c3ccc(C)cc31)=[Si](C)C)=C1C=CC=CC12.[Cl-].[Cl-]. The van der Waals surface area contributed by atoms with E-state index in [1.165, 1.54) is 22.3 Å². The Balaban J connectivity index is 0.00000137. The molecule has 2 aromatic carbocycles. The maximum absolute atomic E-state index is 2.59. The third kappa shape index (κ3) is 3.92. The summed E-state index contributed by atoms with van der Waals surface area (Å²) in [4.78, 5) is 0. The van der Waals surface area contributed by atoms with Gasteiger partial charge in [-0.3, -0.25) is 0 Å². The Bertz CT molecular complexity index is 1310. The predicted octanol–water partition coefficient (Wildman–Crippen LogP) is 1.75. The Kier molecular flexibility index (Phi) is 7.47. The van der Waals surface area contributed by atoms with Gasteiger partial charge in [-0.25, -0.2) is 0 Å². The number of halogens is 2. The molecule has 1 unspecified atom stereocenters. The van der Waals surface area contributed by atoms with Crippen molar-refractivity contribution in [2.45, 2.75) is 38.8 Å².